The second-order valence-corrected chi connectivity index (χ2v) is 4.30. The smallest absolute Gasteiger partial charge is 0.399 e. The maximum absolute atomic E-state index is 13.6. The van der Waals surface area contributed by atoms with Crippen LogP contribution in [-0.2, 0) is 6.18 Å². The lowest BCUT2D eigenvalue weighted by Crippen LogP contribution is -2.23. The molecule has 1 aromatic carbocycles. The predicted octanol–water partition coefficient (Wildman–Crippen LogP) is 3.51. The van der Waals surface area contributed by atoms with Crippen LogP contribution in [-0.4, -0.2) is 5.91 Å². The van der Waals surface area contributed by atoms with Gasteiger partial charge in [0.25, 0.3) is 5.91 Å². The molecule has 0 bridgehead atoms. The Labute approximate surface area is 124 Å². The Hall–Kier alpha value is -2.57. The molecule has 0 saturated carbocycles. The van der Waals surface area contributed by atoms with E-state index in [1.807, 2.05) is 0 Å². The van der Waals surface area contributed by atoms with Gasteiger partial charge < -0.3 is 11.1 Å². The number of nitrogens with one attached hydrogen (secondary N) is 1. The fourth-order valence-electron chi connectivity index (χ4n) is 1.48. The Kier molecular flexibility index (Phi) is 5.50. The van der Waals surface area contributed by atoms with E-state index in [2.05, 4.69) is 11.9 Å². The van der Waals surface area contributed by atoms with Gasteiger partial charge in [-0.25, -0.2) is 4.39 Å². The summed E-state index contributed by atoms with van der Waals surface area (Å²) in [6.45, 7) is 5.00. The lowest BCUT2D eigenvalue weighted by molar-refractivity contribution is -0.137. The largest absolute Gasteiger partial charge is 0.416 e. The van der Waals surface area contributed by atoms with E-state index in [1.54, 1.807) is 6.92 Å². The summed E-state index contributed by atoms with van der Waals surface area (Å²) in [5, 5.41) is 2.29. The summed E-state index contributed by atoms with van der Waals surface area (Å²) in [4.78, 5) is 11.9. The summed E-state index contributed by atoms with van der Waals surface area (Å²) >= 11 is 0. The van der Waals surface area contributed by atoms with Gasteiger partial charge in [-0.05, 0) is 37.3 Å². The summed E-state index contributed by atoms with van der Waals surface area (Å²) in [5.41, 5.74) is 3.98. The molecule has 22 heavy (non-hydrogen) atoms. The maximum atomic E-state index is 13.6. The molecule has 0 spiro atoms. The number of hydrogen-bond donors (Lipinski definition) is 2. The normalized spacial score (nSPS) is 12.5. The fourth-order valence-corrected chi connectivity index (χ4v) is 1.48. The predicted molar refractivity (Wildman–Crippen MR) is 75.1 cm³/mol. The Balaban J connectivity index is 3.05. The van der Waals surface area contributed by atoms with Crippen molar-refractivity contribution in [3.8, 4) is 0 Å². The number of rotatable bonds is 4. The van der Waals surface area contributed by atoms with Crippen molar-refractivity contribution < 1.29 is 22.4 Å². The third kappa shape index (κ3) is 4.76. The standard InChI is InChI=1S/C15H14F4N2O/c1-3-11(6-4-9(2)20)21-14(22)12-8-10(15(17,18)19)5-7-13(12)16/h3-8H,2,20H2,1H3,(H,21,22)/b6-4-,11-3+. The van der Waals surface area contributed by atoms with Crippen LogP contribution in [0.1, 0.15) is 22.8 Å². The number of alkyl halides is 3. The molecule has 7 heteroatoms. The number of hydrogen-bond acceptors (Lipinski definition) is 2. The van der Waals surface area contributed by atoms with Crippen molar-refractivity contribution in [2.24, 2.45) is 5.73 Å². The van der Waals surface area contributed by atoms with Gasteiger partial charge in [0.2, 0.25) is 0 Å². The molecule has 0 fully saturated rings. The molecule has 3 N–H and O–H groups in total. The van der Waals surface area contributed by atoms with E-state index in [9.17, 15) is 22.4 Å². The van der Waals surface area contributed by atoms with Crippen LogP contribution in [0.2, 0.25) is 0 Å². The van der Waals surface area contributed by atoms with Crippen LogP contribution in [0.4, 0.5) is 17.6 Å². The van der Waals surface area contributed by atoms with Gasteiger partial charge >= 0.3 is 6.18 Å². The topological polar surface area (TPSA) is 55.1 Å². The highest BCUT2D eigenvalue weighted by atomic mass is 19.4. The van der Waals surface area contributed by atoms with Crippen molar-refractivity contribution in [3.05, 3.63) is 71.3 Å². The first-order chi connectivity index (χ1) is 10.1. The number of halogens is 4. The van der Waals surface area contributed by atoms with E-state index in [0.717, 1.165) is 0 Å². The first-order valence-electron chi connectivity index (χ1n) is 6.12. The van der Waals surface area contributed by atoms with Gasteiger partial charge in [0.05, 0.1) is 11.1 Å². The van der Waals surface area contributed by atoms with Crippen LogP contribution in [0.15, 0.2) is 54.4 Å². The van der Waals surface area contributed by atoms with Gasteiger partial charge in [-0.15, -0.1) is 0 Å². The van der Waals surface area contributed by atoms with Crippen LogP contribution in [0, 0.1) is 5.82 Å². The van der Waals surface area contributed by atoms with Crippen LogP contribution in [0.25, 0.3) is 0 Å². The van der Waals surface area contributed by atoms with E-state index in [4.69, 9.17) is 5.73 Å². The Bertz CT molecular complexity index is 645. The minimum absolute atomic E-state index is 0.221. The second-order valence-electron chi connectivity index (χ2n) is 4.30. The number of nitrogens with two attached hydrogens (primary N) is 1. The number of carbonyl (C=O) groups excluding carboxylic acids is 1. The average molecular weight is 314 g/mol. The lowest BCUT2D eigenvalue weighted by atomic mass is 10.1. The van der Waals surface area contributed by atoms with E-state index >= 15 is 0 Å². The molecule has 0 aliphatic rings. The van der Waals surface area contributed by atoms with Crippen molar-refractivity contribution in [3.63, 3.8) is 0 Å². The van der Waals surface area contributed by atoms with Crippen molar-refractivity contribution in [2.45, 2.75) is 13.1 Å². The summed E-state index contributed by atoms with van der Waals surface area (Å²) in [5.74, 6) is -2.04. The molecule has 0 atom stereocenters. The minimum Gasteiger partial charge on any atom is -0.399 e. The quantitative estimate of drug-likeness (QED) is 0.660. The molecular formula is C15H14F4N2O. The Morgan fingerprint density at radius 3 is 2.45 bits per heavy atom. The third-order valence-corrected chi connectivity index (χ3v) is 2.58. The highest BCUT2D eigenvalue weighted by molar-refractivity contribution is 5.96. The molecular weight excluding hydrogens is 300 g/mol. The molecule has 0 radical (unpaired) electrons. The molecule has 118 valence electrons. The van der Waals surface area contributed by atoms with Crippen LogP contribution in [0.5, 0.6) is 0 Å². The van der Waals surface area contributed by atoms with E-state index < -0.39 is 29.0 Å². The minimum atomic E-state index is -4.66. The zero-order valence-corrected chi connectivity index (χ0v) is 11.7. The molecule has 0 heterocycles. The molecule has 3 nitrogen and oxygen atoms in total. The average Bonchev–Trinajstić information content (AvgIpc) is 2.42. The zero-order chi connectivity index (χ0) is 16.9. The maximum Gasteiger partial charge on any atom is 0.416 e. The van der Waals surface area contributed by atoms with Gasteiger partial charge in [0.1, 0.15) is 5.82 Å². The van der Waals surface area contributed by atoms with Gasteiger partial charge in [-0.2, -0.15) is 13.2 Å². The second kappa shape index (κ2) is 6.93. The fraction of sp³-hybridized carbons (Fsp3) is 0.133. The van der Waals surface area contributed by atoms with Crippen LogP contribution < -0.4 is 11.1 Å². The molecule has 0 aliphatic carbocycles. The lowest BCUT2D eigenvalue weighted by Gasteiger charge is -2.10. The Morgan fingerprint density at radius 1 is 1.32 bits per heavy atom. The molecule has 1 amide bonds. The van der Waals surface area contributed by atoms with Gasteiger partial charge in [0, 0.05) is 11.4 Å². The van der Waals surface area contributed by atoms with Crippen molar-refractivity contribution in [2.75, 3.05) is 0 Å². The van der Waals surface area contributed by atoms with Crippen molar-refractivity contribution in [1.29, 1.82) is 0 Å². The first kappa shape index (κ1) is 17.5. The zero-order valence-electron chi connectivity index (χ0n) is 11.7. The summed E-state index contributed by atoms with van der Waals surface area (Å²) in [6, 6.07) is 1.63. The highest BCUT2D eigenvalue weighted by Gasteiger charge is 2.31. The molecule has 0 saturated heterocycles. The summed E-state index contributed by atoms with van der Waals surface area (Å²) < 4.78 is 51.4. The number of allylic oxidation sites excluding steroid dienone is 3. The summed E-state index contributed by atoms with van der Waals surface area (Å²) in [7, 11) is 0. The van der Waals surface area contributed by atoms with Gasteiger partial charge in [-0.3, -0.25) is 4.79 Å². The molecule has 1 rings (SSSR count). The van der Waals surface area contributed by atoms with Crippen LogP contribution in [0.3, 0.4) is 0 Å². The highest BCUT2D eigenvalue weighted by Crippen LogP contribution is 2.30. The molecule has 0 aromatic heterocycles. The van der Waals surface area contributed by atoms with Gasteiger partial charge in [0.15, 0.2) is 0 Å². The van der Waals surface area contributed by atoms with Crippen molar-refractivity contribution in [1.82, 2.24) is 5.32 Å². The number of benzene rings is 1. The number of carbonyl (C=O) groups is 1. The number of amides is 1. The van der Waals surface area contributed by atoms with E-state index in [-0.39, 0.29) is 11.4 Å². The summed E-state index contributed by atoms with van der Waals surface area (Å²) in [6.07, 6.45) is -0.407. The van der Waals surface area contributed by atoms with Crippen LogP contribution >= 0.6 is 0 Å². The van der Waals surface area contributed by atoms with Crippen molar-refractivity contribution >= 4 is 5.91 Å². The van der Waals surface area contributed by atoms with E-state index in [1.165, 1.54) is 18.2 Å². The molecule has 0 aliphatic heterocycles. The molecule has 1 aromatic rings. The van der Waals surface area contributed by atoms with Gasteiger partial charge in [-0.1, -0.05) is 12.7 Å². The Morgan fingerprint density at radius 2 is 1.95 bits per heavy atom. The van der Waals surface area contributed by atoms with E-state index in [0.29, 0.717) is 18.2 Å². The monoisotopic (exact) mass is 314 g/mol. The third-order valence-electron chi connectivity index (χ3n) is 2.58. The SMILES string of the molecule is C=C(N)/C=C\C(=C/C)NC(=O)c1cc(C(F)(F)F)ccc1F. The molecule has 0 unspecified atom stereocenters. The first-order valence-corrected chi connectivity index (χ1v) is 6.12.